The van der Waals surface area contributed by atoms with Gasteiger partial charge in [0.15, 0.2) is 5.78 Å². The predicted octanol–water partition coefficient (Wildman–Crippen LogP) is 2.30. The van der Waals surface area contributed by atoms with Gasteiger partial charge in [0.2, 0.25) is 0 Å². The average molecular weight is 218 g/mol. The van der Waals surface area contributed by atoms with Crippen molar-refractivity contribution in [2.24, 2.45) is 5.41 Å². The van der Waals surface area contributed by atoms with Crippen LogP contribution in [-0.4, -0.2) is 24.9 Å². The molecule has 1 aromatic heterocycles. The summed E-state index contributed by atoms with van der Waals surface area (Å²) in [6, 6.07) is 3.82. The van der Waals surface area contributed by atoms with Crippen molar-refractivity contribution in [2.45, 2.75) is 26.7 Å². The van der Waals surface area contributed by atoms with Crippen LogP contribution in [0.4, 0.5) is 5.82 Å². The first-order valence-corrected chi connectivity index (χ1v) is 5.59. The number of hydrogen-bond acceptors (Lipinski definition) is 3. The van der Waals surface area contributed by atoms with Crippen LogP contribution in [0.5, 0.6) is 0 Å². The number of carbonyl (C=O) groups excluding carboxylic acids is 1. The molecule has 0 radical (unpaired) electrons. The highest BCUT2D eigenvalue weighted by Gasteiger charge is 2.31. The Balaban J connectivity index is 2.46. The fourth-order valence-corrected chi connectivity index (χ4v) is 2.17. The number of rotatable bonds is 1. The second-order valence-corrected chi connectivity index (χ2v) is 5.50. The molecule has 1 aromatic rings. The van der Waals surface area contributed by atoms with Crippen LogP contribution in [0.3, 0.4) is 0 Å². The van der Waals surface area contributed by atoms with Crippen LogP contribution in [0.1, 0.15) is 36.3 Å². The van der Waals surface area contributed by atoms with E-state index in [0.717, 1.165) is 23.5 Å². The zero-order valence-corrected chi connectivity index (χ0v) is 10.4. The van der Waals surface area contributed by atoms with Gasteiger partial charge in [0, 0.05) is 26.1 Å². The number of anilines is 1. The standard InChI is InChI=1S/C13H18N2O/c1-13(2)7-10-9(11(16)8-13)5-6-12(14-10)15(3)4/h5-6H,7-8H2,1-4H3. The van der Waals surface area contributed by atoms with Gasteiger partial charge in [-0.2, -0.15) is 0 Å². The van der Waals surface area contributed by atoms with Crippen LogP contribution in [0.15, 0.2) is 12.1 Å². The topological polar surface area (TPSA) is 33.2 Å². The van der Waals surface area contributed by atoms with Crippen molar-refractivity contribution in [2.75, 3.05) is 19.0 Å². The molecule has 86 valence electrons. The third-order valence-electron chi connectivity index (χ3n) is 3.00. The third kappa shape index (κ3) is 1.94. The molecule has 3 heteroatoms. The van der Waals surface area contributed by atoms with E-state index >= 15 is 0 Å². The lowest BCUT2D eigenvalue weighted by atomic mass is 9.76. The molecule has 0 atom stereocenters. The van der Waals surface area contributed by atoms with Crippen molar-refractivity contribution in [3.8, 4) is 0 Å². The summed E-state index contributed by atoms with van der Waals surface area (Å²) < 4.78 is 0. The molecular formula is C13H18N2O. The number of ketones is 1. The van der Waals surface area contributed by atoms with Gasteiger partial charge in [0.25, 0.3) is 0 Å². The predicted molar refractivity (Wildman–Crippen MR) is 65.0 cm³/mol. The minimum absolute atomic E-state index is 0.0437. The minimum Gasteiger partial charge on any atom is -0.363 e. The zero-order chi connectivity index (χ0) is 11.9. The van der Waals surface area contributed by atoms with E-state index in [1.165, 1.54) is 0 Å². The molecule has 0 aliphatic heterocycles. The first-order valence-electron chi connectivity index (χ1n) is 5.59. The highest BCUT2D eigenvalue weighted by Crippen LogP contribution is 2.34. The van der Waals surface area contributed by atoms with E-state index in [-0.39, 0.29) is 11.2 Å². The maximum absolute atomic E-state index is 11.9. The first-order chi connectivity index (χ1) is 7.39. The number of aromatic nitrogens is 1. The molecule has 0 spiro atoms. The van der Waals surface area contributed by atoms with Crippen LogP contribution >= 0.6 is 0 Å². The summed E-state index contributed by atoms with van der Waals surface area (Å²) in [5, 5.41) is 0. The Kier molecular flexibility index (Phi) is 2.49. The maximum atomic E-state index is 11.9. The van der Waals surface area contributed by atoms with Crippen molar-refractivity contribution >= 4 is 11.6 Å². The summed E-state index contributed by atoms with van der Waals surface area (Å²) in [6.07, 6.45) is 1.51. The van der Waals surface area contributed by atoms with Gasteiger partial charge in [-0.1, -0.05) is 13.8 Å². The second-order valence-electron chi connectivity index (χ2n) is 5.50. The third-order valence-corrected chi connectivity index (χ3v) is 3.00. The molecule has 1 aliphatic rings. The molecule has 16 heavy (non-hydrogen) atoms. The Morgan fingerprint density at radius 3 is 2.56 bits per heavy atom. The fraction of sp³-hybridized carbons (Fsp3) is 0.538. The first kappa shape index (κ1) is 11.1. The number of carbonyl (C=O) groups is 1. The van der Waals surface area contributed by atoms with Crippen LogP contribution < -0.4 is 4.90 Å². The smallest absolute Gasteiger partial charge is 0.165 e. The largest absolute Gasteiger partial charge is 0.363 e. The lowest BCUT2D eigenvalue weighted by molar-refractivity contribution is 0.0910. The van der Waals surface area contributed by atoms with Crippen molar-refractivity contribution in [1.29, 1.82) is 0 Å². The lowest BCUT2D eigenvalue weighted by Crippen LogP contribution is -2.28. The van der Waals surface area contributed by atoms with Gasteiger partial charge in [0.1, 0.15) is 5.82 Å². The summed E-state index contributed by atoms with van der Waals surface area (Å²) in [5.74, 6) is 1.15. The molecule has 0 aromatic carbocycles. The molecule has 0 fully saturated rings. The number of Topliss-reactive ketones (excluding diaryl/α,β-unsaturated/α-hetero) is 1. The van der Waals surface area contributed by atoms with E-state index in [1.807, 2.05) is 31.1 Å². The van der Waals surface area contributed by atoms with E-state index in [0.29, 0.717) is 6.42 Å². The summed E-state index contributed by atoms with van der Waals surface area (Å²) in [6.45, 7) is 4.25. The zero-order valence-electron chi connectivity index (χ0n) is 10.4. The highest BCUT2D eigenvalue weighted by atomic mass is 16.1. The molecule has 0 saturated carbocycles. The normalized spacial score (nSPS) is 18.1. The summed E-state index contributed by atoms with van der Waals surface area (Å²) in [4.78, 5) is 18.5. The average Bonchev–Trinajstić information content (AvgIpc) is 2.14. The SMILES string of the molecule is CN(C)c1ccc2c(n1)CC(C)(C)CC2=O. The van der Waals surface area contributed by atoms with E-state index < -0.39 is 0 Å². The molecular weight excluding hydrogens is 200 g/mol. The van der Waals surface area contributed by atoms with Crippen LogP contribution in [0, 0.1) is 5.41 Å². The molecule has 1 aliphatic carbocycles. The Bertz CT molecular complexity index is 436. The van der Waals surface area contributed by atoms with Gasteiger partial charge in [-0.15, -0.1) is 0 Å². The van der Waals surface area contributed by atoms with Gasteiger partial charge < -0.3 is 4.90 Å². The number of nitrogens with zero attached hydrogens (tertiary/aromatic N) is 2. The molecule has 3 nitrogen and oxygen atoms in total. The summed E-state index contributed by atoms with van der Waals surface area (Å²) >= 11 is 0. The molecule has 0 unspecified atom stereocenters. The minimum atomic E-state index is 0.0437. The summed E-state index contributed by atoms with van der Waals surface area (Å²) in [5.41, 5.74) is 1.81. The molecule has 0 N–H and O–H groups in total. The van der Waals surface area contributed by atoms with Gasteiger partial charge in [-0.25, -0.2) is 4.98 Å². The van der Waals surface area contributed by atoms with Crippen LogP contribution in [-0.2, 0) is 6.42 Å². The fourth-order valence-electron chi connectivity index (χ4n) is 2.17. The molecule has 0 bridgehead atoms. The van der Waals surface area contributed by atoms with Crippen LogP contribution in [0.25, 0.3) is 0 Å². The Morgan fingerprint density at radius 2 is 1.94 bits per heavy atom. The van der Waals surface area contributed by atoms with Gasteiger partial charge in [-0.05, 0) is 24.0 Å². The van der Waals surface area contributed by atoms with Gasteiger partial charge >= 0.3 is 0 Å². The number of pyridine rings is 1. The van der Waals surface area contributed by atoms with E-state index in [2.05, 4.69) is 18.8 Å². The van der Waals surface area contributed by atoms with Crippen molar-refractivity contribution in [3.05, 3.63) is 23.4 Å². The Morgan fingerprint density at radius 1 is 1.25 bits per heavy atom. The molecule has 1 heterocycles. The maximum Gasteiger partial charge on any atom is 0.165 e. The van der Waals surface area contributed by atoms with E-state index in [4.69, 9.17) is 0 Å². The highest BCUT2D eigenvalue weighted by molar-refractivity contribution is 5.98. The van der Waals surface area contributed by atoms with Crippen molar-refractivity contribution < 1.29 is 4.79 Å². The van der Waals surface area contributed by atoms with Gasteiger partial charge in [0.05, 0.1) is 5.69 Å². The molecule has 2 rings (SSSR count). The number of fused-ring (bicyclic) bond motifs is 1. The second kappa shape index (κ2) is 3.58. The van der Waals surface area contributed by atoms with Crippen molar-refractivity contribution in [1.82, 2.24) is 4.98 Å². The molecule has 0 amide bonds. The molecule has 0 saturated heterocycles. The monoisotopic (exact) mass is 218 g/mol. The lowest BCUT2D eigenvalue weighted by Gasteiger charge is -2.29. The van der Waals surface area contributed by atoms with Crippen LogP contribution in [0.2, 0.25) is 0 Å². The number of hydrogen-bond donors (Lipinski definition) is 0. The quantitative estimate of drug-likeness (QED) is 0.725. The Labute approximate surface area is 96.5 Å². The van der Waals surface area contributed by atoms with E-state index in [1.54, 1.807) is 0 Å². The summed E-state index contributed by atoms with van der Waals surface area (Å²) in [7, 11) is 3.93. The Hall–Kier alpha value is -1.38. The van der Waals surface area contributed by atoms with E-state index in [9.17, 15) is 4.79 Å². The van der Waals surface area contributed by atoms with Crippen molar-refractivity contribution in [3.63, 3.8) is 0 Å². The van der Waals surface area contributed by atoms with Gasteiger partial charge in [-0.3, -0.25) is 4.79 Å².